The average Bonchev–Trinajstić information content (AvgIpc) is 3.15. The van der Waals surface area contributed by atoms with E-state index in [2.05, 4.69) is 9.88 Å². The third-order valence-electron chi connectivity index (χ3n) is 4.24. The molecule has 1 aliphatic rings. The molecule has 0 bridgehead atoms. The van der Waals surface area contributed by atoms with Gasteiger partial charge in [-0.1, -0.05) is 0 Å². The summed E-state index contributed by atoms with van der Waals surface area (Å²) in [7, 11) is 4.77. The molecular formula is C14H21N5O3. The van der Waals surface area contributed by atoms with Crippen molar-refractivity contribution in [3.05, 3.63) is 20.8 Å². The molecule has 0 saturated carbocycles. The van der Waals surface area contributed by atoms with Gasteiger partial charge in [0.15, 0.2) is 11.2 Å². The minimum absolute atomic E-state index is 0.313. The molecule has 0 unspecified atom stereocenters. The molecule has 1 aliphatic heterocycles. The highest BCUT2D eigenvalue weighted by atomic mass is 16.5. The monoisotopic (exact) mass is 307 g/mol. The van der Waals surface area contributed by atoms with Crippen LogP contribution in [-0.2, 0) is 25.4 Å². The third-order valence-corrected chi connectivity index (χ3v) is 4.24. The van der Waals surface area contributed by atoms with Gasteiger partial charge in [0.2, 0.25) is 5.95 Å². The minimum Gasteiger partial charge on any atom is -0.383 e. The van der Waals surface area contributed by atoms with Gasteiger partial charge in [-0.15, -0.1) is 0 Å². The number of ether oxygens (including phenoxy) is 1. The van der Waals surface area contributed by atoms with Crippen LogP contribution >= 0.6 is 0 Å². The predicted octanol–water partition coefficient (Wildman–Crippen LogP) is -0.320. The Hall–Kier alpha value is -2.09. The van der Waals surface area contributed by atoms with Crippen molar-refractivity contribution in [2.75, 3.05) is 31.7 Å². The SMILES string of the molecule is COCCn1c(N2CCCC2)nc2c1c(=O)n(C)c(=O)n2C. The molecule has 120 valence electrons. The standard InChI is InChI=1S/C14H21N5O3/c1-16-11-10(12(20)17(2)14(16)21)19(8-9-22-3)13(15-11)18-6-4-5-7-18/h4-9H2,1-3H3. The number of imidazole rings is 1. The highest BCUT2D eigenvalue weighted by Gasteiger charge is 2.24. The maximum atomic E-state index is 12.5. The van der Waals surface area contributed by atoms with Gasteiger partial charge >= 0.3 is 5.69 Å². The zero-order chi connectivity index (χ0) is 15.9. The molecule has 0 aliphatic carbocycles. The van der Waals surface area contributed by atoms with Gasteiger partial charge < -0.3 is 14.2 Å². The van der Waals surface area contributed by atoms with Crippen LogP contribution in [0.2, 0.25) is 0 Å². The second kappa shape index (κ2) is 5.60. The average molecular weight is 307 g/mol. The third kappa shape index (κ3) is 2.14. The molecule has 0 spiro atoms. The lowest BCUT2D eigenvalue weighted by molar-refractivity contribution is 0.188. The van der Waals surface area contributed by atoms with E-state index in [1.807, 2.05) is 4.57 Å². The lowest BCUT2D eigenvalue weighted by Gasteiger charge is -2.18. The summed E-state index contributed by atoms with van der Waals surface area (Å²) in [4.78, 5) is 31.4. The van der Waals surface area contributed by atoms with Gasteiger partial charge in [0.05, 0.1) is 6.61 Å². The van der Waals surface area contributed by atoms with Crippen LogP contribution in [0.15, 0.2) is 9.59 Å². The van der Waals surface area contributed by atoms with Crippen LogP contribution in [0.4, 0.5) is 5.95 Å². The van der Waals surface area contributed by atoms with Crippen molar-refractivity contribution in [2.45, 2.75) is 19.4 Å². The van der Waals surface area contributed by atoms with E-state index in [4.69, 9.17) is 4.74 Å². The molecule has 3 heterocycles. The Morgan fingerprint density at radius 1 is 1.14 bits per heavy atom. The largest absolute Gasteiger partial charge is 0.383 e. The number of fused-ring (bicyclic) bond motifs is 1. The molecule has 2 aromatic heterocycles. The highest BCUT2D eigenvalue weighted by molar-refractivity contribution is 5.74. The fourth-order valence-electron chi connectivity index (χ4n) is 2.99. The van der Waals surface area contributed by atoms with Crippen molar-refractivity contribution < 1.29 is 4.74 Å². The second-order valence-electron chi connectivity index (χ2n) is 5.63. The minimum atomic E-state index is -0.359. The van der Waals surface area contributed by atoms with Crippen LogP contribution < -0.4 is 16.1 Å². The van der Waals surface area contributed by atoms with Crippen LogP contribution in [0, 0.1) is 0 Å². The van der Waals surface area contributed by atoms with Crippen molar-refractivity contribution >= 4 is 17.1 Å². The molecule has 0 amide bonds. The summed E-state index contributed by atoms with van der Waals surface area (Å²) in [5.41, 5.74) is 0.226. The first-order valence-corrected chi connectivity index (χ1v) is 7.46. The Balaban J connectivity index is 2.31. The number of hydrogen-bond donors (Lipinski definition) is 0. The summed E-state index contributed by atoms with van der Waals surface area (Å²) < 4.78 is 9.60. The molecule has 0 atom stereocenters. The molecule has 8 heteroatoms. The summed E-state index contributed by atoms with van der Waals surface area (Å²) in [6.07, 6.45) is 2.23. The first-order chi connectivity index (χ1) is 10.6. The van der Waals surface area contributed by atoms with Gasteiger partial charge in [0.1, 0.15) is 0 Å². The van der Waals surface area contributed by atoms with Gasteiger partial charge in [-0.2, -0.15) is 4.98 Å². The Bertz CT molecular complexity index is 810. The highest BCUT2D eigenvalue weighted by Crippen LogP contribution is 2.23. The van der Waals surface area contributed by atoms with Crippen LogP contribution in [0.25, 0.3) is 11.2 Å². The van der Waals surface area contributed by atoms with E-state index in [-0.39, 0.29) is 11.2 Å². The summed E-state index contributed by atoms with van der Waals surface area (Å²) in [5.74, 6) is 0.753. The van der Waals surface area contributed by atoms with E-state index in [9.17, 15) is 9.59 Å². The van der Waals surface area contributed by atoms with E-state index in [0.29, 0.717) is 24.3 Å². The second-order valence-corrected chi connectivity index (χ2v) is 5.63. The molecule has 1 fully saturated rings. The van der Waals surface area contributed by atoms with Crippen LogP contribution in [-0.4, -0.2) is 45.5 Å². The summed E-state index contributed by atoms with van der Waals surface area (Å²) in [6.45, 7) is 2.86. The van der Waals surface area contributed by atoms with E-state index in [0.717, 1.165) is 36.4 Å². The van der Waals surface area contributed by atoms with Crippen LogP contribution in [0.3, 0.4) is 0 Å². The zero-order valence-corrected chi connectivity index (χ0v) is 13.2. The molecule has 3 rings (SSSR count). The lowest BCUT2D eigenvalue weighted by atomic mass is 10.4. The summed E-state index contributed by atoms with van der Waals surface area (Å²) in [5, 5.41) is 0. The van der Waals surface area contributed by atoms with Crippen molar-refractivity contribution in [2.24, 2.45) is 14.1 Å². The quantitative estimate of drug-likeness (QED) is 0.774. The van der Waals surface area contributed by atoms with Gasteiger partial charge in [0, 0.05) is 40.8 Å². The number of rotatable bonds is 4. The van der Waals surface area contributed by atoms with Gasteiger partial charge in [-0.05, 0) is 12.8 Å². The molecule has 0 radical (unpaired) electrons. The molecule has 0 N–H and O–H groups in total. The van der Waals surface area contributed by atoms with Crippen molar-refractivity contribution in [1.29, 1.82) is 0 Å². The molecular weight excluding hydrogens is 286 g/mol. The van der Waals surface area contributed by atoms with Crippen molar-refractivity contribution in [1.82, 2.24) is 18.7 Å². The first kappa shape index (κ1) is 14.8. The van der Waals surface area contributed by atoms with Gasteiger partial charge in [-0.3, -0.25) is 13.9 Å². The van der Waals surface area contributed by atoms with Gasteiger partial charge in [-0.25, -0.2) is 4.79 Å². The predicted molar refractivity (Wildman–Crippen MR) is 83.5 cm³/mol. The lowest BCUT2D eigenvalue weighted by Crippen LogP contribution is -2.37. The molecule has 22 heavy (non-hydrogen) atoms. The van der Waals surface area contributed by atoms with E-state index in [1.165, 1.54) is 11.6 Å². The normalized spacial score (nSPS) is 15.1. The first-order valence-electron chi connectivity index (χ1n) is 7.46. The smallest absolute Gasteiger partial charge is 0.332 e. The number of nitrogens with zero attached hydrogens (tertiary/aromatic N) is 5. The topological polar surface area (TPSA) is 74.3 Å². The van der Waals surface area contributed by atoms with E-state index in [1.54, 1.807) is 14.2 Å². The Labute approximate surface area is 127 Å². The Morgan fingerprint density at radius 2 is 1.82 bits per heavy atom. The van der Waals surface area contributed by atoms with E-state index < -0.39 is 0 Å². The number of aryl methyl sites for hydroxylation is 1. The number of anilines is 1. The fraction of sp³-hybridized carbons (Fsp3) is 0.643. The van der Waals surface area contributed by atoms with Crippen LogP contribution in [0.1, 0.15) is 12.8 Å². The molecule has 2 aromatic rings. The number of hydrogen-bond acceptors (Lipinski definition) is 5. The maximum absolute atomic E-state index is 12.5. The number of methoxy groups -OCH3 is 1. The summed E-state index contributed by atoms with van der Waals surface area (Å²) in [6, 6.07) is 0. The maximum Gasteiger partial charge on any atom is 0.332 e. The Kier molecular flexibility index (Phi) is 3.78. The van der Waals surface area contributed by atoms with Crippen LogP contribution in [0.5, 0.6) is 0 Å². The fourth-order valence-corrected chi connectivity index (χ4v) is 2.99. The zero-order valence-electron chi connectivity index (χ0n) is 13.2. The molecule has 1 saturated heterocycles. The molecule has 0 aromatic carbocycles. The van der Waals surface area contributed by atoms with Gasteiger partial charge in [0.25, 0.3) is 5.56 Å². The molecule has 8 nitrogen and oxygen atoms in total. The summed E-state index contributed by atoms with van der Waals surface area (Å²) >= 11 is 0. The van der Waals surface area contributed by atoms with Crippen molar-refractivity contribution in [3.63, 3.8) is 0 Å². The van der Waals surface area contributed by atoms with E-state index >= 15 is 0 Å². The number of aromatic nitrogens is 4. The van der Waals surface area contributed by atoms with Crippen molar-refractivity contribution in [3.8, 4) is 0 Å². The Morgan fingerprint density at radius 3 is 2.45 bits per heavy atom.